The second-order valence-corrected chi connectivity index (χ2v) is 5.55. The highest BCUT2D eigenvalue weighted by Crippen LogP contribution is 2.21. The molecule has 1 aliphatic rings. The van der Waals surface area contributed by atoms with Gasteiger partial charge in [0, 0.05) is 16.4 Å². The van der Waals surface area contributed by atoms with Crippen LogP contribution in [0.25, 0.3) is 0 Å². The number of hydrogen-bond donors (Lipinski definition) is 4. The van der Waals surface area contributed by atoms with Crippen LogP contribution < -0.4 is 21.3 Å². The molecule has 0 aliphatic carbocycles. The third-order valence-electron chi connectivity index (χ3n) is 3.33. The molecule has 0 saturated carbocycles. The highest BCUT2D eigenvalue weighted by Gasteiger charge is 2.30. The van der Waals surface area contributed by atoms with Gasteiger partial charge in [0.1, 0.15) is 6.04 Å². The number of nitrogens with one attached hydrogen (secondary N) is 4. The molecule has 4 N–H and O–H groups in total. The number of carbonyl (C=O) groups excluding carboxylic acids is 3. The highest BCUT2D eigenvalue weighted by molar-refractivity contribution is 6.30. The van der Waals surface area contributed by atoms with Gasteiger partial charge >= 0.3 is 12.1 Å². The molecular weight excluding hydrogens is 332 g/mol. The number of amides is 5. The second-order valence-electron chi connectivity index (χ2n) is 5.11. The van der Waals surface area contributed by atoms with Crippen LogP contribution in [-0.4, -0.2) is 18.0 Å². The molecular formula is C16H13ClN4O3. The predicted octanol–water partition coefficient (Wildman–Crippen LogP) is 2.86. The van der Waals surface area contributed by atoms with Gasteiger partial charge in [-0.05, 0) is 35.9 Å². The Morgan fingerprint density at radius 2 is 1.67 bits per heavy atom. The summed E-state index contributed by atoms with van der Waals surface area (Å²) in [6, 6.07) is 11.7. The van der Waals surface area contributed by atoms with E-state index in [0.29, 0.717) is 22.0 Å². The smallest absolute Gasteiger partial charge is 0.322 e. The van der Waals surface area contributed by atoms with E-state index in [1.165, 1.54) is 0 Å². The molecule has 0 spiro atoms. The van der Waals surface area contributed by atoms with Crippen molar-refractivity contribution < 1.29 is 14.4 Å². The van der Waals surface area contributed by atoms with Gasteiger partial charge in [0.2, 0.25) is 0 Å². The number of imide groups is 1. The molecule has 8 heteroatoms. The summed E-state index contributed by atoms with van der Waals surface area (Å²) < 4.78 is 0. The van der Waals surface area contributed by atoms with Crippen LogP contribution >= 0.6 is 11.6 Å². The first kappa shape index (κ1) is 15.8. The summed E-state index contributed by atoms with van der Waals surface area (Å²) in [5.74, 6) is -0.430. The van der Waals surface area contributed by atoms with E-state index in [9.17, 15) is 14.4 Å². The Balaban J connectivity index is 1.69. The number of carbonyl (C=O) groups is 3. The maximum Gasteiger partial charge on any atom is 0.323 e. The Morgan fingerprint density at radius 1 is 1.00 bits per heavy atom. The lowest BCUT2D eigenvalue weighted by Crippen LogP contribution is -2.22. The Bertz CT molecular complexity index is 824. The molecule has 0 radical (unpaired) electrons. The maximum absolute atomic E-state index is 12.0. The van der Waals surface area contributed by atoms with Crippen molar-refractivity contribution in [3.05, 3.63) is 59.1 Å². The summed E-state index contributed by atoms with van der Waals surface area (Å²) in [6.07, 6.45) is 0. The van der Waals surface area contributed by atoms with Crippen LogP contribution in [0.3, 0.4) is 0 Å². The molecule has 1 saturated heterocycles. The molecule has 5 amide bonds. The summed E-state index contributed by atoms with van der Waals surface area (Å²) in [7, 11) is 0. The van der Waals surface area contributed by atoms with Crippen LogP contribution in [0.4, 0.5) is 21.0 Å². The summed E-state index contributed by atoms with van der Waals surface area (Å²) >= 11 is 5.86. The van der Waals surface area contributed by atoms with Gasteiger partial charge in [-0.25, -0.2) is 9.59 Å². The van der Waals surface area contributed by atoms with Gasteiger partial charge < -0.3 is 16.0 Å². The van der Waals surface area contributed by atoms with E-state index >= 15 is 0 Å². The van der Waals surface area contributed by atoms with Gasteiger partial charge in [-0.15, -0.1) is 0 Å². The lowest BCUT2D eigenvalue weighted by Gasteiger charge is -2.11. The molecule has 1 atom stereocenters. The minimum Gasteiger partial charge on any atom is -0.322 e. The average molecular weight is 345 g/mol. The van der Waals surface area contributed by atoms with Crippen molar-refractivity contribution in [2.75, 3.05) is 10.6 Å². The van der Waals surface area contributed by atoms with E-state index in [2.05, 4.69) is 21.3 Å². The van der Waals surface area contributed by atoms with Crippen molar-refractivity contribution in [2.45, 2.75) is 6.04 Å². The number of rotatable bonds is 3. The number of anilines is 2. The first-order valence-electron chi connectivity index (χ1n) is 7.06. The number of hydrogen-bond acceptors (Lipinski definition) is 3. The van der Waals surface area contributed by atoms with Gasteiger partial charge in [-0.2, -0.15) is 0 Å². The van der Waals surface area contributed by atoms with Gasteiger partial charge in [0.05, 0.1) is 0 Å². The molecule has 1 fully saturated rings. The predicted molar refractivity (Wildman–Crippen MR) is 90.0 cm³/mol. The molecule has 2 aromatic rings. The number of halogens is 1. The van der Waals surface area contributed by atoms with Crippen LogP contribution in [0.5, 0.6) is 0 Å². The van der Waals surface area contributed by atoms with Crippen molar-refractivity contribution in [1.29, 1.82) is 0 Å². The topological polar surface area (TPSA) is 99.3 Å². The summed E-state index contributed by atoms with van der Waals surface area (Å²) in [4.78, 5) is 34.9. The average Bonchev–Trinajstić information content (AvgIpc) is 2.86. The van der Waals surface area contributed by atoms with E-state index in [4.69, 9.17) is 11.6 Å². The van der Waals surface area contributed by atoms with Crippen molar-refractivity contribution in [2.24, 2.45) is 0 Å². The zero-order valence-electron chi connectivity index (χ0n) is 12.3. The van der Waals surface area contributed by atoms with Crippen LogP contribution in [-0.2, 0) is 4.79 Å². The Morgan fingerprint density at radius 3 is 2.29 bits per heavy atom. The molecule has 3 rings (SSSR count). The van der Waals surface area contributed by atoms with Gasteiger partial charge in [-0.1, -0.05) is 29.8 Å². The summed E-state index contributed by atoms with van der Waals surface area (Å²) in [5, 5.41) is 10.5. The molecule has 1 unspecified atom stereocenters. The lowest BCUT2D eigenvalue weighted by molar-refractivity contribution is -0.120. The number of benzene rings is 2. The Kier molecular flexibility index (Phi) is 4.35. The fourth-order valence-corrected chi connectivity index (χ4v) is 2.50. The lowest BCUT2D eigenvalue weighted by atomic mass is 10.1. The molecule has 7 nitrogen and oxygen atoms in total. The van der Waals surface area contributed by atoms with Gasteiger partial charge in [-0.3, -0.25) is 10.1 Å². The molecule has 2 aromatic carbocycles. The normalized spacial score (nSPS) is 16.3. The quantitative estimate of drug-likeness (QED) is 0.644. The van der Waals surface area contributed by atoms with E-state index in [0.717, 1.165) is 0 Å². The summed E-state index contributed by atoms with van der Waals surface area (Å²) in [5.41, 5.74) is 1.61. The van der Waals surface area contributed by atoms with Crippen LogP contribution in [0.1, 0.15) is 11.6 Å². The van der Waals surface area contributed by atoms with Crippen LogP contribution in [0, 0.1) is 0 Å². The number of urea groups is 2. The van der Waals surface area contributed by atoms with Crippen molar-refractivity contribution >= 4 is 40.9 Å². The Labute approximate surface area is 142 Å². The second kappa shape index (κ2) is 6.59. The zero-order chi connectivity index (χ0) is 17.1. The van der Waals surface area contributed by atoms with Crippen LogP contribution in [0.2, 0.25) is 5.02 Å². The molecule has 1 heterocycles. The standard InChI is InChI=1S/C16H13ClN4O3/c17-10-4-2-6-12(8-10)19-15(23)18-11-5-1-3-9(7-11)13-14(22)21-16(24)20-13/h1-8,13H,(H2,18,19,23)(H2,20,21,22,24). The minimum absolute atomic E-state index is 0.430. The van der Waals surface area contributed by atoms with Crippen LogP contribution in [0.15, 0.2) is 48.5 Å². The molecule has 0 bridgehead atoms. The molecule has 24 heavy (non-hydrogen) atoms. The van der Waals surface area contributed by atoms with E-state index in [1.54, 1.807) is 48.5 Å². The van der Waals surface area contributed by atoms with Crippen molar-refractivity contribution in [3.8, 4) is 0 Å². The van der Waals surface area contributed by atoms with Gasteiger partial charge in [0.15, 0.2) is 0 Å². The fourth-order valence-electron chi connectivity index (χ4n) is 2.31. The third kappa shape index (κ3) is 3.64. The summed E-state index contributed by atoms with van der Waals surface area (Å²) in [6.45, 7) is 0. The van der Waals surface area contributed by atoms with E-state index < -0.39 is 24.0 Å². The Hall–Kier alpha value is -3.06. The monoisotopic (exact) mass is 344 g/mol. The first-order valence-corrected chi connectivity index (χ1v) is 7.44. The zero-order valence-corrected chi connectivity index (χ0v) is 13.1. The third-order valence-corrected chi connectivity index (χ3v) is 3.57. The van der Waals surface area contributed by atoms with E-state index in [-0.39, 0.29) is 0 Å². The molecule has 1 aliphatic heterocycles. The van der Waals surface area contributed by atoms with Gasteiger partial charge in [0.25, 0.3) is 5.91 Å². The fraction of sp³-hybridized carbons (Fsp3) is 0.0625. The highest BCUT2D eigenvalue weighted by atomic mass is 35.5. The van der Waals surface area contributed by atoms with Crippen molar-refractivity contribution in [1.82, 2.24) is 10.6 Å². The largest absolute Gasteiger partial charge is 0.323 e. The van der Waals surface area contributed by atoms with Crippen molar-refractivity contribution in [3.63, 3.8) is 0 Å². The first-order chi connectivity index (χ1) is 11.5. The molecule has 122 valence electrons. The SMILES string of the molecule is O=C(Nc1cccc(Cl)c1)Nc1cccc(C2NC(=O)NC2=O)c1. The maximum atomic E-state index is 12.0. The minimum atomic E-state index is -0.768. The molecule has 0 aromatic heterocycles. The van der Waals surface area contributed by atoms with E-state index in [1.807, 2.05) is 0 Å².